The van der Waals surface area contributed by atoms with E-state index in [1.54, 1.807) is 18.3 Å². The van der Waals surface area contributed by atoms with Gasteiger partial charge in [0.15, 0.2) is 5.65 Å². The molecule has 6 nitrogen and oxygen atoms in total. The Morgan fingerprint density at radius 3 is 2.75 bits per heavy atom. The van der Waals surface area contributed by atoms with Gasteiger partial charge in [0.25, 0.3) is 5.91 Å². The molecule has 2 aromatic rings. The van der Waals surface area contributed by atoms with Crippen LogP contribution in [-0.4, -0.2) is 63.0 Å². The summed E-state index contributed by atoms with van der Waals surface area (Å²) in [7, 11) is 0. The first kappa shape index (κ1) is 13.3. The number of pyridine rings is 1. The average molecular weight is 294 g/mol. The van der Waals surface area contributed by atoms with Crippen LogP contribution in [-0.2, 0) is 0 Å². The van der Waals surface area contributed by atoms with Crippen LogP contribution in [0.5, 0.6) is 0 Å². The Hall–Kier alpha value is -1.66. The molecular formula is C13H16ClN5O. The van der Waals surface area contributed by atoms with E-state index in [-0.39, 0.29) is 11.2 Å². The standard InChI is InChI=1S/C13H16ClN5O/c1-2-17-5-7-18(8-6-17)12(20)10-3-4-11-15-13(14)16-19(11)9-10/h3-4,9H,2,5-8H2,1H3. The Labute approximate surface area is 121 Å². The summed E-state index contributed by atoms with van der Waals surface area (Å²) in [5.41, 5.74) is 1.26. The van der Waals surface area contributed by atoms with Crippen molar-refractivity contribution in [2.75, 3.05) is 32.7 Å². The predicted molar refractivity (Wildman–Crippen MR) is 76.0 cm³/mol. The number of hydrogen-bond donors (Lipinski definition) is 0. The van der Waals surface area contributed by atoms with Gasteiger partial charge in [0.05, 0.1) is 5.56 Å². The van der Waals surface area contributed by atoms with Gasteiger partial charge in [-0.15, -0.1) is 5.10 Å². The molecule has 0 spiro atoms. The molecule has 1 fully saturated rings. The number of nitrogens with zero attached hydrogens (tertiary/aromatic N) is 5. The van der Waals surface area contributed by atoms with Crippen LogP contribution in [0.25, 0.3) is 5.65 Å². The summed E-state index contributed by atoms with van der Waals surface area (Å²) < 4.78 is 1.54. The highest BCUT2D eigenvalue weighted by Crippen LogP contribution is 2.11. The van der Waals surface area contributed by atoms with E-state index in [4.69, 9.17) is 11.6 Å². The fourth-order valence-corrected chi connectivity index (χ4v) is 2.60. The normalized spacial score (nSPS) is 16.8. The highest BCUT2D eigenvalue weighted by molar-refractivity contribution is 6.28. The summed E-state index contributed by atoms with van der Waals surface area (Å²) in [6.07, 6.45) is 1.68. The van der Waals surface area contributed by atoms with Crippen LogP contribution in [0.4, 0.5) is 0 Å². The molecular weight excluding hydrogens is 278 g/mol. The fourth-order valence-electron chi connectivity index (χ4n) is 2.43. The van der Waals surface area contributed by atoms with Gasteiger partial charge in [-0.25, -0.2) is 4.52 Å². The van der Waals surface area contributed by atoms with Gasteiger partial charge < -0.3 is 9.80 Å². The molecule has 7 heteroatoms. The van der Waals surface area contributed by atoms with Crippen molar-refractivity contribution >= 4 is 23.2 Å². The molecule has 0 radical (unpaired) electrons. The van der Waals surface area contributed by atoms with Gasteiger partial charge in [-0.1, -0.05) is 6.92 Å². The molecule has 0 saturated carbocycles. The first-order valence-electron chi connectivity index (χ1n) is 6.71. The highest BCUT2D eigenvalue weighted by atomic mass is 35.5. The maximum Gasteiger partial charge on any atom is 0.255 e. The van der Waals surface area contributed by atoms with Crippen LogP contribution in [0.1, 0.15) is 17.3 Å². The molecule has 1 amide bonds. The third-order valence-corrected chi connectivity index (χ3v) is 3.82. The molecule has 1 saturated heterocycles. The number of likely N-dealkylation sites (N-methyl/N-ethyl adjacent to an activating group) is 1. The minimum absolute atomic E-state index is 0.0364. The van der Waals surface area contributed by atoms with Crippen molar-refractivity contribution in [3.8, 4) is 0 Å². The quantitative estimate of drug-likeness (QED) is 0.834. The monoisotopic (exact) mass is 293 g/mol. The molecule has 1 aliphatic heterocycles. The van der Waals surface area contributed by atoms with Crippen molar-refractivity contribution in [1.82, 2.24) is 24.4 Å². The number of piperazine rings is 1. The summed E-state index contributed by atoms with van der Waals surface area (Å²) in [6, 6.07) is 3.53. The minimum Gasteiger partial charge on any atom is -0.336 e. The first-order chi connectivity index (χ1) is 9.67. The number of rotatable bonds is 2. The Morgan fingerprint density at radius 1 is 1.30 bits per heavy atom. The zero-order chi connectivity index (χ0) is 14.1. The van der Waals surface area contributed by atoms with Gasteiger partial charge in [-0.2, -0.15) is 4.98 Å². The zero-order valence-corrected chi connectivity index (χ0v) is 12.0. The second kappa shape index (κ2) is 5.38. The van der Waals surface area contributed by atoms with E-state index in [1.807, 2.05) is 4.90 Å². The average Bonchev–Trinajstić information content (AvgIpc) is 2.85. The van der Waals surface area contributed by atoms with E-state index in [0.717, 1.165) is 32.7 Å². The second-order valence-corrected chi connectivity index (χ2v) is 5.17. The fraction of sp³-hybridized carbons (Fsp3) is 0.462. The minimum atomic E-state index is 0.0364. The third kappa shape index (κ3) is 2.48. The van der Waals surface area contributed by atoms with E-state index in [9.17, 15) is 4.79 Å². The Morgan fingerprint density at radius 2 is 2.05 bits per heavy atom. The molecule has 106 valence electrons. The number of halogens is 1. The van der Waals surface area contributed by atoms with Crippen LogP contribution in [0.15, 0.2) is 18.3 Å². The molecule has 20 heavy (non-hydrogen) atoms. The predicted octanol–water partition coefficient (Wildman–Crippen LogP) is 1.16. The van der Waals surface area contributed by atoms with Gasteiger partial charge in [-0.3, -0.25) is 4.79 Å². The zero-order valence-electron chi connectivity index (χ0n) is 11.3. The Balaban J connectivity index is 1.78. The summed E-state index contributed by atoms with van der Waals surface area (Å²) in [6.45, 7) is 6.57. The summed E-state index contributed by atoms with van der Waals surface area (Å²) >= 11 is 5.75. The Bertz CT molecular complexity index is 633. The maximum atomic E-state index is 12.5. The first-order valence-corrected chi connectivity index (χ1v) is 7.08. The van der Waals surface area contributed by atoms with Gasteiger partial charge in [0, 0.05) is 32.4 Å². The van der Waals surface area contributed by atoms with E-state index in [1.165, 1.54) is 4.52 Å². The van der Waals surface area contributed by atoms with Crippen LogP contribution < -0.4 is 0 Å². The topological polar surface area (TPSA) is 53.7 Å². The maximum absolute atomic E-state index is 12.5. The van der Waals surface area contributed by atoms with Crippen molar-refractivity contribution in [2.45, 2.75) is 6.92 Å². The van der Waals surface area contributed by atoms with Crippen LogP contribution >= 0.6 is 11.6 Å². The summed E-state index contributed by atoms with van der Waals surface area (Å²) in [5.74, 6) is 0.0364. The van der Waals surface area contributed by atoms with Gasteiger partial charge in [-0.05, 0) is 30.3 Å². The molecule has 0 aliphatic carbocycles. The Kier molecular flexibility index (Phi) is 3.58. The van der Waals surface area contributed by atoms with E-state index < -0.39 is 0 Å². The van der Waals surface area contributed by atoms with Gasteiger partial charge in [0.1, 0.15) is 0 Å². The number of amides is 1. The number of hydrogen-bond acceptors (Lipinski definition) is 4. The largest absolute Gasteiger partial charge is 0.336 e. The lowest BCUT2D eigenvalue weighted by Gasteiger charge is -2.34. The number of carbonyl (C=O) groups excluding carboxylic acids is 1. The summed E-state index contributed by atoms with van der Waals surface area (Å²) in [5, 5.41) is 4.20. The molecule has 3 rings (SSSR count). The smallest absolute Gasteiger partial charge is 0.255 e. The molecule has 2 aromatic heterocycles. The molecule has 0 N–H and O–H groups in total. The van der Waals surface area contributed by atoms with Gasteiger partial charge in [0.2, 0.25) is 5.28 Å². The van der Waals surface area contributed by atoms with Crippen molar-refractivity contribution in [1.29, 1.82) is 0 Å². The van der Waals surface area contributed by atoms with E-state index in [2.05, 4.69) is 21.9 Å². The SMILES string of the molecule is CCN1CCN(C(=O)c2ccc3nc(Cl)nn3c2)CC1. The van der Waals surface area contributed by atoms with Crippen LogP contribution in [0.3, 0.4) is 0 Å². The van der Waals surface area contributed by atoms with Crippen LogP contribution in [0, 0.1) is 0 Å². The lowest BCUT2D eigenvalue weighted by atomic mass is 10.2. The molecule has 0 unspecified atom stereocenters. The molecule has 1 aliphatic rings. The van der Waals surface area contributed by atoms with Crippen LogP contribution in [0.2, 0.25) is 5.28 Å². The molecule has 0 atom stereocenters. The highest BCUT2D eigenvalue weighted by Gasteiger charge is 2.21. The van der Waals surface area contributed by atoms with Gasteiger partial charge >= 0.3 is 0 Å². The number of aromatic nitrogens is 3. The third-order valence-electron chi connectivity index (χ3n) is 3.66. The molecule has 3 heterocycles. The van der Waals surface area contributed by atoms with Crippen molar-refractivity contribution < 1.29 is 4.79 Å². The van der Waals surface area contributed by atoms with Crippen molar-refractivity contribution in [2.24, 2.45) is 0 Å². The van der Waals surface area contributed by atoms with Crippen molar-refractivity contribution in [3.05, 3.63) is 29.2 Å². The molecule has 0 aromatic carbocycles. The number of fused-ring (bicyclic) bond motifs is 1. The van der Waals surface area contributed by atoms with Crippen molar-refractivity contribution in [3.63, 3.8) is 0 Å². The van der Waals surface area contributed by atoms with E-state index in [0.29, 0.717) is 11.2 Å². The van der Waals surface area contributed by atoms with E-state index >= 15 is 0 Å². The second-order valence-electron chi connectivity index (χ2n) is 4.83. The molecule has 0 bridgehead atoms. The number of carbonyl (C=O) groups is 1. The lowest BCUT2D eigenvalue weighted by Crippen LogP contribution is -2.48. The summed E-state index contributed by atoms with van der Waals surface area (Å²) in [4.78, 5) is 20.7. The lowest BCUT2D eigenvalue weighted by molar-refractivity contribution is 0.0643.